The van der Waals surface area contributed by atoms with Crippen LogP contribution in [0, 0.1) is 0 Å². The first-order valence-electron chi connectivity index (χ1n) is 10.6. The summed E-state index contributed by atoms with van der Waals surface area (Å²) in [6, 6.07) is 10.6. The summed E-state index contributed by atoms with van der Waals surface area (Å²) in [5, 5.41) is 0. The third-order valence-corrected chi connectivity index (χ3v) is 8.01. The fourth-order valence-corrected chi connectivity index (χ4v) is 6.11. The van der Waals surface area contributed by atoms with E-state index in [2.05, 4.69) is 12.1 Å². The van der Waals surface area contributed by atoms with E-state index in [9.17, 15) is 18.0 Å². The van der Waals surface area contributed by atoms with Crippen molar-refractivity contribution in [3.05, 3.63) is 59.9 Å². The molecule has 0 N–H and O–H groups in total. The van der Waals surface area contributed by atoms with E-state index in [-0.39, 0.29) is 23.0 Å². The van der Waals surface area contributed by atoms with E-state index in [1.165, 1.54) is 33.8 Å². The number of aryl methyl sites for hydroxylation is 1. The number of sulfonamides is 1. The number of hydrogen-bond donors (Lipinski definition) is 0. The molecule has 1 aromatic carbocycles. The number of rotatable bonds is 5. The molecule has 1 fully saturated rings. The number of nitrogens with zero attached hydrogens (tertiary/aromatic N) is 3. The number of methoxy groups -OCH3 is 1. The highest BCUT2D eigenvalue weighted by atomic mass is 32.2. The maximum absolute atomic E-state index is 13.3. The van der Waals surface area contributed by atoms with Crippen LogP contribution < -0.4 is 0 Å². The van der Waals surface area contributed by atoms with Gasteiger partial charge in [-0.15, -0.1) is 0 Å². The van der Waals surface area contributed by atoms with Gasteiger partial charge in [0, 0.05) is 32.9 Å². The molecule has 2 aliphatic heterocycles. The van der Waals surface area contributed by atoms with E-state index in [4.69, 9.17) is 4.74 Å². The number of ether oxygens (including phenoxy) is 1. The quantitative estimate of drug-likeness (QED) is 0.643. The van der Waals surface area contributed by atoms with E-state index in [1.54, 1.807) is 11.9 Å². The van der Waals surface area contributed by atoms with E-state index in [0.29, 0.717) is 25.9 Å². The number of carbonyl (C=O) groups is 2. The molecule has 0 spiro atoms. The van der Waals surface area contributed by atoms with Gasteiger partial charge in [0.1, 0.15) is 16.6 Å². The van der Waals surface area contributed by atoms with Crippen LogP contribution in [-0.4, -0.2) is 66.9 Å². The molecule has 9 heteroatoms. The first-order chi connectivity index (χ1) is 15.3. The Bertz CT molecular complexity index is 1150. The van der Waals surface area contributed by atoms with Gasteiger partial charge in [-0.25, -0.2) is 13.2 Å². The van der Waals surface area contributed by atoms with Crippen molar-refractivity contribution in [2.24, 2.45) is 7.05 Å². The van der Waals surface area contributed by atoms with Crippen LogP contribution in [0.5, 0.6) is 0 Å². The summed E-state index contributed by atoms with van der Waals surface area (Å²) in [4.78, 5) is 26.9. The molecule has 1 aromatic heterocycles. The summed E-state index contributed by atoms with van der Waals surface area (Å²) in [6.07, 6.45) is 5.27. The molecule has 0 bridgehead atoms. The predicted octanol–water partition coefficient (Wildman–Crippen LogP) is 2.28. The second-order valence-corrected chi connectivity index (χ2v) is 9.96. The Morgan fingerprint density at radius 1 is 1.12 bits per heavy atom. The van der Waals surface area contributed by atoms with Crippen LogP contribution in [-0.2, 0) is 26.6 Å². The summed E-state index contributed by atoms with van der Waals surface area (Å²) in [5.74, 6) is -0.782. The lowest BCUT2D eigenvalue weighted by atomic mass is 9.99. The maximum Gasteiger partial charge on any atom is 0.354 e. The highest BCUT2D eigenvalue weighted by Crippen LogP contribution is 2.30. The van der Waals surface area contributed by atoms with Gasteiger partial charge in [0.15, 0.2) is 0 Å². The fraction of sp³-hybridized carbons (Fsp3) is 0.391. The molecule has 170 valence electrons. The van der Waals surface area contributed by atoms with E-state index in [1.807, 2.05) is 24.3 Å². The Morgan fingerprint density at radius 3 is 2.53 bits per heavy atom. The van der Waals surface area contributed by atoms with E-state index in [0.717, 1.165) is 12.0 Å². The van der Waals surface area contributed by atoms with Crippen LogP contribution in [0.3, 0.4) is 0 Å². The van der Waals surface area contributed by atoms with Gasteiger partial charge in [-0.05, 0) is 36.5 Å². The summed E-state index contributed by atoms with van der Waals surface area (Å²) in [6.45, 7) is 1.30. The van der Waals surface area contributed by atoms with Crippen LogP contribution in [0.2, 0.25) is 0 Å². The largest absolute Gasteiger partial charge is 0.464 e. The van der Waals surface area contributed by atoms with Crippen molar-refractivity contribution in [2.45, 2.75) is 30.2 Å². The minimum absolute atomic E-state index is 0.00926. The highest BCUT2D eigenvalue weighted by Gasteiger charge is 2.42. The minimum Gasteiger partial charge on any atom is -0.464 e. The summed E-state index contributed by atoms with van der Waals surface area (Å²) >= 11 is 0. The zero-order valence-electron chi connectivity index (χ0n) is 18.2. The van der Waals surface area contributed by atoms with Crippen molar-refractivity contribution in [3.63, 3.8) is 0 Å². The Balaban J connectivity index is 1.52. The lowest BCUT2D eigenvalue weighted by Crippen LogP contribution is -2.48. The molecule has 0 unspecified atom stereocenters. The number of esters is 1. The summed E-state index contributed by atoms with van der Waals surface area (Å²) < 4.78 is 34.1. The Kier molecular flexibility index (Phi) is 6.21. The third-order valence-electron chi connectivity index (χ3n) is 6.14. The number of benzene rings is 1. The van der Waals surface area contributed by atoms with Gasteiger partial charge in [0.25, 0.3) is 0 Å². The molecule has 3 heterocycles. The molecule has 0 aliphatic carbocycles. The molecule has 8 nitrogen and oxygen atoms in total. The molecule has 0 saturated carbocycles. The van der Waals surface area contributed by atoms with Crippen LogP contribution in [0.25, 0.3) is 5.57 Å². The predicted molar refractivity (Wildman–Crippen MR) is 119 cm³/mol. The van der Waals surface area contributed by atoms with Crippen molar-refractivity contribution >= 4 is 27.5 Å². The van der Waals surface area contributed by atoms with Crippen LogP contribution in [0.1, 0.15) is 35.3 Å². The number of hydrogen-bond acceptors (Lipinski definition) is 5. The van der Waals surface area contributed by atoms with Gasteiger partial charge in [-0.1, -0.05) is 36.4 Å². The molecule has 0 radical (unpaired) electrons. The normalized spacial score (nSPS) is 19.6. The maximum atomic E-state index is 13.3. The second kappa shape index (κ2) is 8.91. The van der Waals surface area contributed by atoms with Crippen molar-refractivity contribution in [3.8, 4) is 0 Å². The Morgan fingerprint density at radius 2 is 1.88 bits per heavy atom. The Labute approximate surface area is 188 Å². The van der Waals surface area contributed by atoms with Gasteiger partial charge in [0.05, 0.1) is 7.11 Å². The van der Waals surface area contributed by atoms with Crippen molar-refractivity contribution in [1.82, 2.24) is 13.8 Å². The topological polar surface area (TPSA) is 88.9 Å². The molecule has 32 heavy (non-hydrogen) atoms. The lowest BCUT2D eigenvalue weighted by molar-refractivity contribution is -0.134. The first-order valence-corrected chi connectivity index (χ1v) is 12.1. The molecule has 2 aliphatic rings. The van der Waals surface area contributed by atoms with E-state index >= 15 is 0 Å². The van der Waals surface area contributed by atoms with Gasteiger partial charge >= 0.3 is 5.97 Å². The van der Waals surface area contributed by atoms with Crippen LogP contribution in [0.15, 0.2) is 53.6 Å². The second-order valence-electron chi connectivity index (χ2n) is 8.07. The molecule has 4 rings (SSSR count). The molecule has 1 atom stereocenters. The minimum atomic E-state index is -3.93. The molecule has 2 aromatic rings. The first kappa shape index (κ1) is 22.3. The third kappa shape index (κ3) is 4.10. The molecular formula is C23H27N3O5S. The summed E-state index contributed by atoms with van der Waals surface area (Å²) in [7, 11) is -1.10. The zero-order chi connectivity index (χ0) is 22.9. The molecule has 1 saturated heterocycles. The Hall–Kier alpha value is -2.91. The molecular weight excluding hydrogens is 430 g/mol. The van der Waals surface area contributed by atoms with Crippen LogP contribution in [0.4, 0.5) is 0 Å². The van der Waals surface area contributed by atoms with E-state index < -0.39 is 22.0 Å². The van der Waals surface area contributed by atoms with Gasteiger partial charge in [-0.2, -0.15) is 4.31 Å². The monoisotopic (exact) mass is 457 g/mol. The number of amides is 1. The number of aromatic nitrogens is 1. The smallest absolute Gasteiger partial charge is 0.354 e. The number of carbonyl (C=O) groups excluding carboxylic acids is 2. The highest BCUT2D eigenvalue weighted by molar-refractivity contribution is 7.89. The van der Waals surface area contributed by atoms with Crippen LogP contribution >= 0.6 is 0 Å². The lowest BCUT2D eigenvalue weighted by Gasteiger charge is -2.31. The zero-order valence-corrected chi connectivity index (χ0v) is 19.0. The SMILES string of the molecule is COC(=O)c1cc(S(=O)(=O)N2CCC[C@@H]2C(=O)N2CC=C(c3ccccc3)CC2)cn1C. The summed E-state index contributed by atoms with van der Waals surface area (Å²) in [5.41, 5.74) is 2.49. The fourth-order valence-electron chi connectivity index (χ4n) is 4.39. The average molecular weight is 458 g/mol. The van der Waals surface area contributed by atoms with Crippen molar-refractivity contribution < 1.29 is 22.7 Å². The van der Waals surface area contributed by atoms with Gasteiger partial charge in [0.2, 0.25) is 15.9 Å². The van der Waals surface area contributed by atoms with Crippen molar-refractivity contribution in [2.75, 3.05) is 26.7 Å². The standard InChI is InChI=1S/C23H27N3O5S/c1-24-16-19(15-21(24)23(28)31-2)32(29,30)26-12-6-9-20(26)22(27)25-13-10-18(11-14-25)17-7-4-3-5-8-17/h3-5,7-8,10,15-16,20H,6,9,11-14H2,1-2H3/t20-/m1/s1. The van der Waals surface area contributed by atoms with Gasteiger partial charge in [-0.3, -0.25) is 4.79 Å². The van der Waals surface area contributed by atoms with Gasteiger partial charge < -0.3 is 14.2 Å². The average Bonchev–Trinajstić information content (AvgIpc) is 3.47. The van der Waals surface area contributed by atoms with Crippen molar-refractivity contribution in [1.29, 1.82) is 0 Å². The molecule has 1 amide bonds.